The third kappa shape index (κ3) is 5.54. The van der Waals surface area contributed by atoms with E-state index >= 15 is 0 Å². The molecule has 0 radical (unpaired) electrons. The lowest BCUT2D eigenvalue weighted by molar-refractivity contribution is -0.129. The first-order chi connectivity index (χ1) is 17.6. The molecule has 2 aromatic carbocycles. The maximum absolute atomic E-state index is 14.6. The van der Waals surface area contributed by atoms with Crippen LogP contribution in [-0.4, -0.2) is 52.8 Å². The Kier molecular flexibility index (Phi) is 7.23. The second-order valence-electron chi connectivity index (χ2n) is 9.30. The van der Waals surface area contributed by atoms with Crippen LogP contribution in [0.25, 0.3) is 0 Å². The minimum absolute atomic E-state index is 0.0204. The summed E-state index contributed by atoms with van der Waals surface area (Å²) in [6.45, 7) is 3.00. The zero-order valence-electron chi connectivity index (χ0n) is 20.0. The van der Waals surface area contributed by atoms with Crippen molar-refractivity contribution in [2.45, 2.75) is 25.6 Å². The van der Waals surface area contributed by atoms with E-state index < -0.39 is 6.10 Å². The molecule has 2 aliphatic rings. The predicted octanol–water partition coefficient (Wildman–Crippen LogP) is 3.32. The SMILES string of the molecule is O=C(NCCN1Cc2ccccc2O[C@@H](c2ccccc2F)C1)[C@H]1CC(=O)N(Cc2cccnc2)C1. The van der Waals surface area contributed by atoms with Gasteiger partial charge in [0.25, 0.3) is 0 Å². The summed E-state index contributed by atoms with van der Waals surface area (Å²) in [6, 6.07) is 18.2. The fraction of sp³-hybridized carbons (Fsp3) is 0.321. The summed E-state index contributed by atoms with van der Waals surface area (Å²) < 4.78 is 20.8. The number of aromatic nitrogens is 1. The van der Waals surface area contributed by atoms with Crippen molar-refractivity contribution in [2.24, 2.45) is 5.92 Å². The first kappa shape index (κ1) is 23.9. The number of ether oxygens (including phenoxy) is 1. The van der Waals surface area contributed by atoms with E-state index in [1.54, 1.807) is 29.4 Å². The zero-order chi connectivity index (χ0) is 24.9. The van der Waals surface area contributed by atoms with Gasteiger partial charge in [-0.15, -0.1) is 0 Å². The monoisotopic (exact) mass is 488 g/mol. The molecule has 0 unspecified atom stereocenters. The van der Waals surface area contributed by atoms with Crippen molar-refractivity contribution in [3.8, 4) is 5.75 Å². The average Bonchev–Trinajstić information content (AvgIpc) is 3.14. The van der Waals surface area contributed by atoms with Crippen LogP contribution in [0, 0.1) is 11.7 Å². The van der Waals surface area contributed by atoms with Gasteiger partial charge in [-0.05, 0) is 23.8 Å². The molecule has 2 atom stereocenters. The molecule has 1 N–H and O–H groups in total. The smallest absolute Gasteiger partial charge is 0.225 e. The molecule has 2 aliphatic heterocycles. The topological polar surface area (TPSA) is 74.8 Å². The normalized spacial score (nSPS) is 19.9. The number of nitrogens with one attached hydrogen (secondary N) is 1. The molecule has 3 heterocycles. The molecule has 7 nitrogen and oxygen atoms in total. The van der Waals surface area contributed by atoms with Crippen LogP contribution in [0.4, 0.5) is 4.39 Å². The van der Waals surface area contributed by atoms with E-state index in [-0.39, 0.29) is 30.0 Å². The molecule has 5 rings (SSSR count). The molecule has 186 valence electrons. The maximum atomic E-state index is 14.6. The highest BCUT2D eigenvalue weighted by Crippen LogP contribution is 2.32. The maximum Gasteiger partial charge on any atom is 0.225 e. The molecule has 1 saturated heterocycles. The van der Waals surface area contributed by atoms with Crippen molar-refractivity contribution in [2.75, 3.05) is 26.2 Å². The first-order valence-corrected chi connectivity index (χ1v) is 12.2. The number of amides is 2. The van der Waals surface area contributed by atoms with Crippen LogP contribution in [0.15, 0.2) is 73.1 Å². The number of benzene rings is 2. The van der Waals surface area contributed by atoms with Crippen LogP contribution in [-0.2, 0) is 22.7 Å². The van der Waals surface area contributed by atoms with E-state index in [2.05, 4.69) is 15.2 Å². The summed E-state index contributed by atoms with van der Waals surface area (Å²) in [4.78, 5) is 33.2. The molecule has 36 heavy (non-hydrogen) atoms. The van der Waals surface area contributed by atoms with E-state index in [4.69, 9.17) is 4.74 Å². The lowest BCUT2D eigenvalue weighted by Crippen LogP contribution is -2.39. The van der Waals surface area contributed by atoms with E-state index in [0.717, 1.165) is 16.9 Å². The van der Waals surface area contributed by atoms with Gasteiger partial charge < -0.3 is 15.0 Å². The predicted molar refractivity (Wildman–Crippen MR) is 132 cm³/mol. The quantitative estimate of drug-likeness (QED) is 0.552. The molecule has 0 bridgehead atoms. The van der Waals surface area contributed by atoms with Crippen LogP contribution in [0.3, 0.4) is 0 Å². The van der Waals surface area contributed by atoms with Gasteiger partial charge in [0, 0.05) is 69.2 Å². The van der Waals surface area contributed by atoms with Crippen LogP contribution in [0.1, 0.15) is 29.2 Å². The van der Waals surface area contributed by atoms with Gasteiger partial charge >= 0.3 is 0 Å². The lowest BCUT2D eigenvalue weighted by Gasteiger charge is -2.24. The Hall–Kier alpha value is -3.78. The largest absolute Gasteiger partial charge is 0.484 e. The Morgan fingerprint density at radius 2 is 1.92 bits per heavy atom. The number of fused-ring (bicyclic) bond motifs is 1. The van der Waals surface area contributed by atoms with Crippen LogP contribution >= 0.6 is 0 Å². The van der Waals surface area contributed by atoms with Gasteiger partial charge in [0.2, 0.25) is 11.8 Å². The summed E-state index contributed by atoms with van der Waals surface area (Å²) in [5.74, 6) is -0.0527. The second-order valence-corrected chi connectivity index (χ2v) is 9.30. The Morgan fingerprint density at radius 3 is 2.75 bits per heavy atom. The van der Waals surface area contributed by atoms with Gasteiger partial charge in [0.1, 0.15) is 17.7 Å². The van der Waals surface area contributed by atoms with Crippen molar-refractivity contribution in [3.05, 3.63) is 95.6 Å². The molecule has 0 spiro atoms. The van der Waals surface area contributed by atoms with Gasteiger partial charge in [0.15, 0.2) is 0 Å². The average molecular weight is 489 g/mol. The first-order valence-electron chi connectivity index (χ1n) is 12.2. The summed E-state index contributed by atoms with van der Waals surface area (Å²) in [7, 11) is 0. The van der Waals surface area contributed by atoms with Crippen LogP contribution in [0.2, 0.25) is 0 Å². The summed E-state index contributed by atoms with van der Waals surface area (Å²) >= 11 is 0. The molecular weight excluding hydrogens is 459 g/mol. The Balaban J connectivity index is 1.18. The molecule has 2 amide bonds. The molecule has 1 fully saturated rings. The number of hydrogen-bond donors (Lipinski definition) is 1. The van der Waals surface area contributed by atoms with E-state index in [9.17, 15) is 14.0 Å². The van der Waals surface area contributed by atoms with Crippen molar-refractivity contribution in [1.29, 1.82) is 0 Å². The highest BCUT2D eigenvalue weighted by molar-refractivity contribution is 5.89. The minimum atomic E-state index is -0.459. The zero-order valence-corrected chi connectivity index (χ0v) is 20.0. The fourth-order valence-corrected chi connectivity index (χ4v) is 4.84. The van der Waals surface area contributed by atoms with Crippen molar-refractivity contribution >= 4 is 11.8 Å². The third-order valence-corrected chi connectivity index (χ3v) is 6.72. The number of para-hydroxylation sites is 1. The number of hydrogen-bond acceptors (Lipinski definition) is 5. The number of likely N-dealkylation sites (tertiary alicyclic amines) is 1. The molecule has 8 heteroatoms. The Bertz CT molecular complexity index is 1220. The van der Waals surface area contributed by atoms with Crippen molar-refractivity contribution < 1.29 is 18.7 Å². The van der Waals surface area contributed by atoms with Gasteiger partial charge in [-0.25, -0.2) is 4.39 Å². The number of carbonyl (C=O) groups excluding carboxylic acids is 2. The number of pyridine rings is 1. The summed E-state index contributed by atoms with van der Waals surface area (Å²) in [6.07, 6.45) is 3.18. The number of halogens is 1. The number of nitrogens with zero attached hydrogens (tertiary/aromatic N) is 3. The highest BCUT2D eigenvalue weighted by atomic mass is 19.1. The minimum Gasteiger partial charge on any atom is -0.484 e. The van der Waals surface area contributed by atoms with E-state index in [1.165, 1.54) is 6.07 Å². The number of carbonyl (C=O) groups is 2. The van der Waals surface area contributed by atoms with Gasteiger partial charge in [-0.3, -0.25) is 19.5 Å². The molecule has 0 aliphatic carbocycles. The van der Waals surface area contributed by atoms with Crippen molar-refractivity contribution in [1.82, 2.24) is 20.1 Å². The van der Waals surface area contributed by atoms with Gasteiger partial charge in [-0.1, -0.05) is 42.5 Å². The van der Waals surface area contributed by atoms with Crippen LogP contribution < -0.4 is 10.1 Å². The van der Waals surface area contributed by atoms with Gasteiger partial charge in [0.05, 0.1) is 5.92 Å². The van der Waals surface area contributed by atoms with E-state index in [0.29, 0.717) is 44.8 Å². The Morgan fingerprint density at radius 1 is 1.08 bits per heavy atom. The van der Waals surface area contributed by atoms with Crippen LogP contribution in [0.5, 0.6) is 5.75 Å². The Labute approximate surface area is 209 Å². The van der Waals surface area contributed by atoms with Crippen molar-refractivity contribution in [3.63, 3.8) is 0 Å². The fourth-order valence-electron chi connectivity index (χ4n) is 4.84. The molecule has 1 aromatic heterocycles. The molecular formula is C28H29FN4O3. The third-order valence-electron chi connectivity index (χ3n) is 6.72. The lowest BCUT2D eigenvalue weighted by atomic mass is 10.1. The number of rotatable bonds is 7. The molecule has 3 aromatic rings. The summed E-state index contributed by atoms with van der Waals surface area (Å²) in [5, 5.41) is 3.00. The molecule has 0 saturated carbocycles. The standard InChI is InChI=1S/C28H29FN4O3/c29-24-9-3-2-8-23(24)26-19-32(17-21-7-1-4-10-25(21)36-26)13-12-31-28(35)22-14-27(34)33(18-22)16-20-6-5-11-30-15-20/h1-11,15,22,26H,12-14,16-19H2,(H,31,35)/t22-,26+/m0/s1. The highest BCUT2D eigenvalue weighted by Gasteiger charge is 2.34. The summed E-state index contributed by atoms with van der Waals surface area (Å²) in [5.41, 5.74) is 2.48. The van der Waals surface area contributed by atoms with E-state index in [1.807, 2.05) is 42.5 Å². The van der Waals surface area contributed by atoms with Gasteiger partial charge in [-0.2, -0.15) is 0 Å². The second kappa shape index (κ2) is 10.9.